The lowest BCUT2D eigenvalue weighted by molar-refractivity contribution is -0.132. The third-order valence-electron chi connectivity index (χ3n) is 4.58. The van der Waals surface area contributed by atoms with Crippen molar-refractivity contribution in [2.24, 2.45) is 0 Å². The normalized spacial score (nSPS) is 20.7. The minimum atomic E-state index is -0.408. The summed E-state index contributed by atoms with van der Waals surface area (Å²) in [5.74, 6) is -0.495. The molecule has 4 amide bonds. The first-order valence-corrected chi connectivity index (χ1v) is 7.78. The number of nitrogens with zero attached hydrogens (tertiary/aromatic N) is 4. The summed E-state index contributed by atoms with van der Waals surface area (Å²) >= 11 is 0. The molecule has 1 N–H and O–H groups in total. The van der Waals surface area contributed by atoms with Crippen LogP contribution in [0.1, 0.15) is 17.7 Å². The number of likely N-dealkylation sites (tertiary alicyclic amines) is 1. The van der Waals surface area contributed by atoms with E-state index in [9.17, 15) is 19.2 Å². The van der Waals surface area contributed by atoms with Gasteiger partial charge in [0.2, 0.25) is 11.8 Å². The van der Waals surface area contributed by atoms with E-state index in [1.807, 2.05) is 0 Å². The Hall–Kier alpha value is -2.71. The molecule has 0 aromatic carbocycles. The number of carbonyl (C=O) groups excluding carboxylic acids is 3. The Kier molecular flexibility index (Phi) is 4.08. The van der Waals surface area contributed by atoms with Gasteiger partial charge in [0, 0.05) is 24.3 Å². The monoisotopic (exact) mass is 333 g/mol. The molecule has 128 valence electrons. The van der Waals surface area contributed by atoms with Crippen LogP contribution in [0, 0.1) is 13.8 Å². The molecule has 0 saturated carbocycles. The number of hydrogen-bond donors (Lipinski definition) is 1. The summed E-state index contributed by atoms with van der Waals surface area (Å²) in [6.07, 6.45) is 1.92. The predicted molar refractivity (Wildman–Crippen MR) is 83.2 cm³/mol. The fraction of sp³-hybridized carbons (Fsp3) is 0.533. The van der Waals surface area contributed by atoms with Gasteiger partial charge in [-0.05, 0) is 20.3 Å². The summed E-state index contributed by atoms with van der Waals surface area (Å²) < 4.78 is 1.28. The van der Waals surface area contributed by atoms with Gasteiger partial charge in [0.05, 0.1) is 18.9 Å². The number of hydrogen-bond acceptors (Lipinski definition) is 5. The van der Waals surface area contributed by atoms with Gasteiger partial charge in [-0.3, -0.25) is 23.9 Å². The first-order valence-electron chi connectivity index (χ1n) is 7.78. The average Bonchev–Trinajstić information content (AvgIpc) is 3.14. The van der Waals surface area contributed by atoms with Crippen molar-refractivity contribution in [1.82, 2.24) is 24.7 Å². The van der Waals surface area contributed by atoms with Crippen molar-refractivity contribution >= 4 is 17.8 Å². The highest BCUT2D eigenvalue weighted by Crippen LogP contribution is 2.18. The first kappa shape index (κ1) is 16.2. The molecule has 1 aromatic rings. The molecular formula is C15H19N5O4. The Balaban J connectivity index is 1.67. The minimum Gasteiger partial charge on any atom is -0.339 e. The van der Waals surface area contributed by atoms with Crippen LogP contribution in [0.4, 0.5) is 4.79 Å². The van der Waals surface area contributed by atoms with Crippen molar-refractivity contribution in [2.75, 3.05) is 19.6 Å². The van der Waals surface area contributed by atoms with E-state index in [0.29, 0.717) is 30.8 Å². The maximum Gasteiger partial charge on any atom is 0.324 e. The molecule has 0 radical (unpaired) electrons. The molecule has 9 heteroatoms. The number of nitrogens with one attached hydrogen (secondary N) is 1. The van der Waals surface area contributed by atoms with Crippen molar-refractivity contribution in [3.63, 3.8) is 0 Å². The molecule has 0 bridgehead atoms. The smallest absolute Gasteiger partial charge is 0.324 e. The second kappa shape index (κ2) is 6.06. The van der Waals surface area contributed by atoms with Gasteiger partial charge in [0.1, 0.15) is 6.54 Å². The molecule has 1 aromatic heterocycles. The molecular weight excluding hydrogens is 314 g/mol. The van der Waals surface area contributed by atoms with E-state index in [4.69, 9.17) is 0 Å². The highest BCUT2D eigenvalue weighted by Gasteiger charge is 2.39. The van der Waals surface area contributed by atoms with Crippen molar-refractivity contribution in [2.45, 2.75) is 32.9 Å². The van der Waals surface area contributed by atoms with Crippen LogP contribution in [-0.4, -0.2) is 62.9 Å². The highest BCUT2D eigenvalue weighted by molar-refractivity contribution is 6.02. The maximum atomic E-state index is 12.4. The lowest BCUT2D eigenvalue weighted by Gasteiger charge is -2.21. The SMILES string of the molecule is Cc1ncn(CC(=O)N2CCC(N3C(=O)CNC3=O)C2)c(=O)c1C. The topological polar surface area (TPSA) is 105 Å². The summed E-state index contributed by atoms with van der Waals surface area (Å²) in [5.41, 5.74) is 0.924. The molecule has 3 rings (SSSR count). The van der Waals surface area contributed by atoms with E-state index < -0.39 is 6.03 Å². The Morgan fingerprint density at radius 2 is 2.08 bits per heavy atom. The van der Waals surface area contributed by atoms with Crippen LogP contribution in [0.5, 0.6) is 0 Å². The van der Waals surface area contributed by atoms with Gasteiger partial charge >= 0.3 is 6.03 Å². The van der Waals surface area contributed by atoms with Gasteiger partial charge in [-0.1, -0.05) is 0 Å². The average molecular weight is 333 g/mol. The van der Waals surface area contributed by atoms with Crippen molar-refractivity contribution in [3.8, 4) is 0 Å². The van der Waals surface area contributed by atoms with E-state index in [-0.39, 0.29) is 36.5 Å². The number of aryl methyl sites for hydroxylation is 1. The van der Waals surface area contributed by atoms with Gasteiger partial charge in [-0.25, -0.2) is 9.78 Å². The zero-order chi connectivity index (χ0) is 17.4. The van der Waals surface area contributed by atoms with E-state index in [1.165, 1.54) is 15.8 Å². The number of aromatic nitrogens is 2. The molecule has 2 aliphatic rings. The fourth-order valence-corrected chi connectivity index (χ4v) is 3.02. The second-order valence-electron chi connectivity index (χ2n) is 6.09. The van der Waals surface area contributed by atoms with Gasteiger partial charge in [-0.2, -0.15) is 0 Å². The quantitative estimate of drug-likeness (QED) is 0.716. The van der Waals surface area contributed by atoms with Crippen LogP contribution in [0.2, 0.25) is 0 Å². The highest BCUT2D eigenvalue weighted by atomic mass is 16.2. The van der Waals surface area contributed by atoms with Gasteiger partial charge < -0.3 is 10.2 Å². The van der Waals surface area contributed by atoms with E-state index >= 15 is 0 Å². The van der Waals surface area contributed by atoms with Crippen LogP contribution < -0.4 is 10.9 Å². The van der Waals surface area contributed by atoms with Crippen LogP contribution in [-0.2, 0) is 16.1 Å². The van der Waals surface area contributed by atoms with Crippen molar-refractivity contribution < 1.29 is 14.4 Å². The summed E-state index contributed by atoms with van der Waals surface area (Å²) in [4.78, 5) is 54.9. The fourth-order valence-electron chi connectivity index (χ4n) is 3.02. The molecule has 2 saturated heterocycles. The molecule has 1 unspecified atom stereocenters. The second-order valence-corrected chi connectivity index (χ2v) is 6.09. The molecule has 2 aliphatic heterocycles. The van der Waals surface area contributed by atoms with Crippen molar-refractivity contribution in [1.29, 1.82) is 0 Å². The molecule has 1 atom stereocenters. The lowest BCUT2D eigenvalue weighted by atomic mass is 10.2. The molecule has 9 nitrogen and oxygen atoms in total. The van der Waals surface area contributed by atoms with E-state index in [0.717, 1.165) is 0 Å². The molecule has 3 heterocycles. The summed E-state index contributed by atoms with van der Waals surface area (Å²) in [7, 11) is 0. The number of urea groups is 1. The molecule has 2 fully saturated rings. The van der Waals surface area contributed by atoms with Crippen molar-refractivity contribution in [3.05, 3.63) is 27.9 Å². The summed E-state index contributed by atoms with van der Waals surface area (Å²) in [6.45, 7) is 4.08. The molecule has 0 aliphatic carbocycles. The Morgan fingerprint density at radius 3 is 2.75 bits per heavy atom. The Bertz CT molecular complexity index is 756. The predicted octanol–water partition coefficient (Wildman–Crippen LogP) is -0.987. The van der Waals surface area contributed by atoms with E-state index in [1.54, 1.807) is 18.7 Å². The Labute approximate surface area is 138 Å². The zero-order valence-corrected chi connectivity index (χ0v) is 13.6. The third-order valence-corrected chi connectivity index (χ3v) is 4.58. The van der Waals surface area contributed by atoms with Crippen LogP contribution in [0.3, 0.4) is 0 Å². The van der Waals surface area contributed by atoms with Crippen LogP contribution in [0.25, 0.3) is 0 Å². The first-order chi connectivity index (χ1) is 11.4. The number of rotatable bonds is 3. The van der Waals surface area contributed by atoms with E-state index in [2.05, 4.69) is 10.3 Å². The summed E-state index contributed by atoms with van der Waals surface area (Å²) in [5, 5.41) is 2.48. The maximum absolute atomic E-state index is 12.4. The lowest BCUT2D eigenvalue weighted by Crippen LogP contribution is -2.43. The van der Waals surface area contributed by atoms with Gasteiger partial charge in [-0.15, -0.1) is 0 Å². The van der Waals surface area contributed by atoms with Crippen LogP contribution in [0.15, 0.2) is 11.1 Å². The number of imide groups is 1. The zero-order valence-electron chi connectivity index (χ0n) is 13.6. The molecule has 24 heavy (non-hydrogen) atoms. The van der Waals surface area contributed by atoms with Gasteiger partial charge in [0.25, 0.3) is 5.56 Å². The van der Waals surface area contributed by atoms with Crippen LogP contribution >= 0.6 is 0 Å². The number of amides is 4. The summed E-state index contributed by atoms with van der Waals surface area (Å²) in [6, 6.07) is -0.715. The minimum absolute atomic E-state index is 0.00693. The van der Waals surface area contributed by atoms with Gasteiger partial charge in [0.15, 0.2) is 0 Å². The Morgan fingerprint density at radius 1 is 1.33 bits per heavy atom. The number of carbonyl (C=O) groups is 3. The molecule has 0 spiro atoms. The standard InChI is InChI=1S/C15H19N5O4/c1-9-10(2)17-8-19(14(9)23)7-13(22)18-4-3-11(6-18)20-12(21)5-16-15(20)24/h8,11H,3-7H2,1-2H3,(H,16,24). The largest absolute Gasteiger partial charge is 0.339 e. The third kappa shape index (κ3) is 2.77.